The number of likely N-dealkylation sites (tertiary alicyclic amines) is 1. The lowest BCUT2D eigenvalue weighted by molar-refractivity contribution is -0.167. The van der Waals surface area contributed by atoms with Gasteiger partial charge in [-0.2, -0.15) is 0 Å². The van der Waals surface area contributed by atoms with Crippen LogP contribution in [0.25, 0.3) is 0 Å². The minimum Gasteiger partial charge on any atom is -0.381 e. The van der Waals surface area contributed by atoms with Gasteiger partial charge in [-0.25, -0.2) is 9.97 Å². The van der Waals surface area contributed by atoms with Gasteiger partial charge in [0.1, 0.15) is 17.6 Å². The van der Waals surface area contributed by atoms with Crippen LogP contribution in [0.15, 0.2) is 18.6 Å². The summed E-state index contributed by atoms with van der Waals surface area (Å²) in [6.07, 6.45) is 11.7. The van der Waals surface area contributed by atoms with E-state index in [0.29, 0.717) is 24.7 Å². The van der Waals surface area contributed by atoms with Crippen molar-refractivity contribution in [2.24, 2.45) is 11.8 Å². The molecule has 3 fully saturated rings. The SMILES string of the molecule is O=C(c1ccncn1)N1CC2(CC(CCOCC3CCCC3)CCO2)C1. The third kappa shape index (κ3) is 4.07. The largest absolute Gasteiger partial charge is 0.381 e. The molecule has 0 bridgehead atoms. The van der Waals surface area contributed by atoms with E-state index >= 15 is 0 Å². The molecule has 1 saturated carbocycles. The van der Waals surface area contributed by atoms with Gasteiger partial charge in [-0.3, -0.25) is 4.79 Å². The summed E-state index contributed by atoms with van der Waals surface area (Å²) < 4.78 is 12.0. The number of rotatable bonds is 6. The molecule has 0 N–H and O–H groups in total. The fourth-order valence-corrected chi connectivity index (χ4v) is 4.65. The van der Waals surface area contributed by atoms with Gasteiger partial charge in [0.2, 0.25) is 0 Å². The highest BCUT2D eigenvalue weighted by Gasteiger charge is 2.49. The first kappa shape index (κ1) is 17.9. The van der Waals surface area contributed by atoms with Gasteiger partial charge in [0, 0.05) is 26.0 Å². The standard InChI is InChI=1S/C20H29N3O3/c24-19(18-5-8-21-15-22-18)23-13-20(14-23)11-16(7-10-26-20)6-9-25-12-17-3-1-2-4-17/h5,8,15-17H,1-4,6-7,9-14H2. The minimum atomic E-state index is -0.142. The maximum absolute atomic E-state index is 12.4. The summed E-state index contributed by atoms with van der Waals surface area (Å²) in [4.78, 5) is 22.2. The van der Waals surface area contributed by atoms with Gasteiger partial charge in [0.05, 0.1) is 13.1 Å². The highest BCUT2D eigenvalue weighted by atomic mass is 16.5. The summed E-state index contributed by atoms with van der Waals surface area (Å²) in [6.45, 7) is 3.95. The fourth-order valence-electron chi connectivity index (χ4n) is 4.65. The van der Waals surface area contributed by atoms with E-state index in [2.05, 4.69) is 9.97 Å². The van der Waals surface area contributed by atoms with Crippen LogP contribution in [0.4, 0.5) is 0 Å². The Kier molecular flexibility index (Phi) is 5.50. The third-order valence-electron chi connectivity index (χ3n) is 6.14. The summed E-state index contributed by atoms with van der Waals surface area (Å²) in [6, 6.07) is 1.67. The van der Waals surface area contributed by atoms with Gasteiger partial charge in [0.15, 0.2) is 0 Å². The van der Waals surface area contributed by atoms with E-state index in [1.54, 1.807) is 12.3 Å². The van der Waals surface area contributed by atoms with E-state index in [1.807, 2.05) is 4.90 Å². The van der Waals surface area contributed by atoms with E-state index in [1.165, 1.54) is 32.0 Å². The molecule has 1 atom stereocenters. The molecule has 0 radical (unpaired) electrons. The van der Waals surface area contributed by atoms with Crippen LogP contribution in [0.2, 0.25) is 0 Å². The van der Waals surface area contributed by atoms with E-state index < -0.39 is 0 Å². The molecule has 2 saturated heterocycles. The molecule has 6 nitrogen and oxygen atoms in total. The Balaban J connectivity index is 1.20. The topological polar surface area (TPSA) is 64.6 Å². The highest BCUT2D eigenvalue weighted by molar-refractivity contribution is 5.92. The van der Waals surface area contributed by atoms with Crippen LogP contribution in [-0.2, 0) is 9.47 Å². The molecule has 4 rings (SSSR count). The first-order valence-electron chi connectivity index (χ1n) is 10.0. The summed E-state index contributed by atoms with van der Waals surface area (Å²) in [5, 5.41) is 0. The van der Waals surface area contributed by atoms with Crippen LogP contribution in [0.5, 0.6) is 0 Å². The van der Waals surface area contributed by atoms with Crippen molar-refractivity contribution >= 4 is 5.91 Å². The molecule has 1 spiro atoms. The van der Waals surface area contributed by atoms with Crippen molar-refractivity contribution in [1.82, 2.24) is 14.9 Å². The molecule has 142 valence electrons. The van der Waals surface area contributed by atoms with Gasteiger partial charge in [-0.1, -0.05) is 12.8 Å². The molecule has 26 heavy (non-hydrogen) atoms. The van der Waals surface area contributed by atoms with Crippen molar-refractivity contribution in [2.45, 2.75) is 50.5 Å². The van der Waals surface area contributed by atoms with Crippen molar-refractivity contribution in [1.29, 1.82) is 0 Å². The zero-order chi connectivity index (χ0) is 17.8. The maximum atomic E-state index is 12.4. The Morgan fingerprint density at radius 3 is 2.88 bits per heavy atom. The van der Waals surface area contributed by atoms with E-state index in [-0.39, 0.29) is 11.5 Å². The summed E-state index contributed by atoms with van der Waals surface area (Å²) in [5.41, 5.74) is 0.319. The molecule has 1 aromatic rings. The molecule has 3 aliphatic rings. The molecular weight excluding hydrogens is 330 g/mol. The first-order chi connectivity index (χ1) is 12.7. The zero-order valence-corrected chi connectivity index (χ0v) is 15.4. The average Bonchev–Trinajstić information content (AvgIpc) is 3.17. The molecule has 1 amide bonds. The lowest BCUT2D eigenvalue weighted by Crippen LogP contribution is -2.66. The monoisotopic (exact) mass is 359 g/mol. The van der Waals surface area contributed by atoms with Crippen LogP contribution in [0, 0.1) is 11.8 Å². The lowest BCUT2D eigenvalue weighted by atomic mass is 9.79. The first-order valence-corrected chi connectivity index (χ1v) is 10.0. The quantitative estimate of drug-likeness (QED) is 0.731. The van der Waals surface area contributed by atoms with E-state index in [4.69, 9.17) is 9.47 Å². The zero-order valence-electron chi connectivity index (χ0n) is 15.4. The second-order valence-electron chi connectivity index (χ2n) is 8.16. The van der Waals surface area contributed by atoms with Crippen LogP contribution in [0.3, 0.4) is 0 Å². The number of hydrogen-bond donors (Lipinski definition) is 0. The number of nitrogens with zero attached hydrogens (tertiary/aromatic N) is 3. The van der Waals surface area contributed by atoms with Crippen LogP contribution >= 0.6 is 0 Å². The Hall–Kier alpha value is -1.53. The number of carbonyl (C=O) groups is 1. The van der Waals surface area contributed by atoms with Crippen molar-refractivity contribution in [3.8, 4) is 0 Å². The van der Waals surface area contributed by atoms with Gasteiger partial charge in [-0.05, 0) is 50.0 Å². The summed E-state index contributed by atoms with van der Waals surface area (Å²) in [5.74, 6) is 1.41. The third-order valence-corrected chi connectivity index (χ3v) is 6.14. The normalized spacial score (nSPS) is 25.4. The lowest BCUT2D eigenvalue weighted by Gasteiger charge is -2.53. The van der Waals surface area contributed by atoms with Crippen molar-refractivity contribution < 1.29 is 14.3 Å². The maximum Gasteiger partial charge on any atom is 0.272 e. The van der Waals surface area contributed by atoms with Crippen molar-refractivity contribution in [3.63, 3.8) is 0 Å². The fraction of sp³-hybridized carbons (Fsp3) is 0.750. The molecule has 2 aliphatic heterocycles. The Labute approximate surface area is 155 Å². The molecule has 0 aromatic carbocycles. The number of amides is 1. The smallest absolute Gasteiger partial charge is 0.272 e. The van der Waals surface area contributed by atoms with Gasteiger partial charge in [-0.15, -0.1) is 0 Å². The molecule has 3 heterocycles. The molecule has 1 aliphatic carbocycles. The van der Waals surface area contributed by atoms with Gasteiger partial charge in [0.25, 0.3) is 5.91 Å². The number of carbonyl (C=O) groups excluding carboxylic acids is 1. The highest BCUT2D eigenvalue weighted by Crippen LogP contribution is 2.38. The predicted octanol–water partition coefficient (Wildman–Crippen LogP) is 2.69. The second-order valence-corrected chi connectivity index (χ2v) is 8.16. The number of hydrogen-bond acceptors (Lipinski definition) is 5. The second kappa shape index (κ2) is 8.01. The Morgan fingerprint density at radius 2 is 2.12 bits per heavy atom. The van der Waals surface area contributed by atoms with Crippen molar-refractivity contribution in [2.75, 3.05) is 32.9 Å². The van der Waals surface area contributed by atoms with Gasteiger partial charge < -0.3 is 14.4 Å². The molecule has 1 aromatic heterocycles. The Bertz CT molecular complexity index is 598. The molecule has 6 heteroatoms. The minimum absolute atomic E-state index is 0.0244. The van der Waals surface area contributed by atoms with Crippen molar-refractivity contribution in [3.05, 3.63) is 24.3 Å². The predicted molar refractivity (Wildman–Crippen MR) is 96.7 cm³/mol. The molecule has 1 unspecified atom stereocenters. The van der Waals surface area contributed by atoms with E-state index in [9.17, 15) is 4.79 Å². The Morgan fingerprint density at radius 1 is 1.27 bits per heavy atom. The van der Waals surface area contributed by atoms with E-state index in [0.717, 1.165) is 45.0 Å². The van der Waals surface area contributed by atoms with Crippen LogP contribution < -0.4 is 0 Å². The van der Waals surface area contributed by atoms with Crippen LogP contribution in [-0.4, -0.2) is 59.3 Å². The van der Waals surface area contributed by atoms with Crippen LogP contribution in [0.1, 0.15) is 55.4 Å². The summed E-state index contributed by atoms with van der Waals surface area (Å²) in [7, 11) is 0. The number of aromatic nitrogens is 2. The number of ether oxygens (including phenoxy) is 2. The summed E-state index contributed by atoms with van der Waals surface area (Å²) >= 11 is 0. The van der Waals surface area contributed by atoms with Gasteiger partial charge >= 0.3 is 0 Å². The average molecular weight is 359 g/mol. The molecular formula is C20H29N3O3.